The van der Waals surface area contributed by atoms with Crippen LogP contribution in [0.1, 0.15) is 5.56 Å². The Kier molecular flexibility index (Phi) is 4.44. The molecule has 0 spiro atoms. The zero-order valence-electron chi connectivity index (χ0n) is 11.9. The third-order valence-corrected chi connectivity index (χ3v) is 3.71. The second-order valence-corrected chi connectivity index (χ2v) is 5.49. The highest BCUT2D eigenvalue weighted by atomic mass is 35.5. The first kappa shape index (κ1) is 14.7. The fourth-order valence-electron chi connectivity index (χ4n) is 2.18. The maximum atomic E-state index is 12.0. The number of nitrogens with zero attached hydrogens (tertiary/aromatic N) is 2. The molecule has 6 heteroatoms. The SMILES string of the molecule is O=C(NCc1ccccc1)N1CC(Oc2ncccc2Cl)C1. The van der Waals surface area contributed by atoms with Crippen LogP contribution < -0.4 is 10.1 Å². The van der Waals surface area contributed by atoms with Crippen molar-refractivity contribution in [2.75, 3.05) is 13.1 Å². The number of likely N-dealkylation sites (tertiary alicyclic amines) is 1. The van der Waals surface area contributed by atoms with Gasteiger partial charge in [0.25, 0.3) is 0 Å². The highest BCUT2D eigenvalue weighted by molar-refractivity contribution is 6.31. The number of ether oxygens (including phenoxy) is 1. The summed E-state index contributed by atoms with van der Waals surface area (Å²) >= 11 is 5.99. The van der Waals surface area contributed by atoms with Crippen LogP contribution in [0, 0.1) is 0 Å². The molecule has 1 aromatic carbocycles. The summed E-state index contributed by atoms with van der Waals surface area (Å²) in [6.45, 7) is 1.59. The van der Waals surface area contributed by atoms with Crippen molar-refractivity contribution in [3.05, 3.63) is 59.2 Å². The topological polar surface area (TPSA) is 54.5 Å². The minimum atomic E-state index is -0.0872. The van der Waals surface area contributed by atoms with Gasteiger partial charge in [0.2, 0.25) is 5.88 Å². The van der Waals surface area contributed by atoms with Crippen LogP contribution in [0.3, 0.4) is 0 Å². The second-order valence-electron chi connectivity index (χ2n) is 5.08. The first-order chi connectivity index (χ1) is 10.7. The van der Waals surface area contributed by atoms with Gasteiger partial charge in [-0.05, 0) is 17.7 Å². The summed E-state index contributed by atoms with van der Waals surface area (Å²) in [6, 6.07) is 13.2. The van der Waals surface area contributed by atoms with E-state index in [2.05, 4.69) is 10.3 Å². The molecule has 0 atom stereocenters. The third-order valence-electron chi connectivity index (χ3n) is 3.42. The van der Waals surface area contributed by atoms with Crippen LogP contribution >= 0.6 is 11.6 Å². The van der Waals surface area contributed by atoms with Crippen LogP contribution in [0.25, 0.3) is 0 Å². The highest BCUT2D eigenvalue weighted by Gasteiger charge is 2.32. The number of carbonyl (C=O) groups excluding carboxylic acids is 1. The molecule has 2 amide bonds. The van der Waals surface area contributed by atoms with Crippen molar-refractivity contribution >= 4 is 17.6 Å². The summed E-state index contributed by atoms with van der Waals surface area (Å²) < 4.78 is 5.66. The minimum absolute atomic E-state index is 0.0603. The van der Waals surface area contributed by atoms with E-state index >= 15 is 0 Å². The molecule has 5 nitrogen and oxygen atoms in total. The average molecular weight is 318 g/mol. The van der Waals surface area contributed by atoms with Crippen LogP contribution in [0.2, 0.25) is 5.02 Å². The molecule has 22 heavy (non-hydrogen) atoms. The number of hydrogen-bond acceptors (Lipinski definition) is 3. The molecule has 0 radical (unpaired) electrons. The minimum Gasteiger partial charge on any atom is -0.470 e. The van der Waals surface area contributed by atoms with E-state index in [0.29, 0.717) is 30.5 Å². The van der Waals surface area contributed by atoms with Gasteiger partial charge in [-0.3, -0.25) is 0 Å². The van der Waals surface area contributed by atoms with Crippen LogP contribution in [-0.2, 0) is 6.54 Å². The summed E-state index contributed by atoms with van der Waals surface area (Å²) in [6.07, 6.45) is 1.57. The standard InChI is InChI=1S/C16H16ClN3O2/c17-14-7-4-8-18-15(14)22-13-10-20(11-13)16(21)19-9-12-5-2-1-3-6-12/h1-8,13H,9-11H2,(H,19,21). The average Bonchev–Trinajstić information content (AvgIpc) is 2.51. The number of urea groups is 1. The van der Waals surface area contributed by atoms with E-state index in [0.717, 1.165) is 5.56 Å². The normalized spacial score (nSPS) is 14.3. The van der Waals surface area contributed by atoms with Gasteiger partial charge in [0.15, 0.2) is 0 Å². The Hall–Kier alpha value is -2.27. The first-order valence-corrected chi connectivity index (χ1v) is 7.44. The molecule has 1 aliphatic heterocycles. The number of rotatable bonds is 4. The Bertz CT molecular complexity index is 645. The van der Waals surface area contributed by atoms with E-state index in [4.69, 9.17) is 16.3 Å². The summed E-state index contributed by atoms with van der Waals surface area (Å²) in [5.74, 6) is 0.415. The lowest BCUT2D eigenvalue weighted by Gasteiger charge is -2.38. The van der Waals surface area contributed by atoms with Gasteiger partial charge in [-0.1, -0.05) is 41.9 Å². The largest absolute Gasteiger partial charge is 0.470 e. The Morgan fingerprint density at radius 2 is 2.05 bits per heavy atom. The summed E-state index contributed by atoms with van der Waals surface area (Å²) in [5, 5.41) is 3.37. The number of nitrogens with one attached hydrogen (secondary N) is 1. The molecule has 1 aliphatic rings. The smallest absolute Gasteiger partial charge is 0.317 e. The van der Waals surface area contributed by atoms with Crippen molar-refractivity contribution in [2.24, 2.45) is 0 Å². The molecule has 0 aliphatic carbocycles. The van der Waals surface area contributed by atoms with Gasteiger partial charge < -0.3 is 15.0 Å². The number of benzene rings is 1. The van der Waals surface area contributed by atoms with E-state index in [9.17, 15) is 4.79 Å². The molecule has 3 rings (SSSR count). The van der Waals surface area contributed by atoms with Gasteiger partial charge in [0.05, 0.1) is 13.1 Å². The van der Waals surface area contributed by atoms with Crippen LogP contribution in [0.4, 0.5) is 4.79 Å². The molecular weight excluding hydrogens is 302 g/mol. The van der Waals surface area contributed by atoms with Crippen molar-refractivity contribution in [3.63, 3.8) is 0 Å². The van der Waals surface area contributed by atoms with E-state index in [-0.39, 0.29) is 12.1 Å². The zero-order chi connectivity index (χ0) is 15.4. The van der Waals surface area contributed by atoms with Gasteiger partial charge >= 0.3 is 6.03 Å². The summed E-state index contributed by atoms with van der Waals surface area (Å²) in [7, 11) is 0. The number of hydrogen-bond donors (Lipinski definition) is 1. The molecule has 1 saturated heterocycles. The molecule has 0 unspecified atom stereocenters. The lowest BCUT2D eigenvalue weighted by Crippen LogP contribution is -2.58. The van der Waals surface area contributed by atoms with E-state index in [1.165, 1.54) is 0 Å². The second kappa shape index (κ2) is 6.66. The number of aromatic nitrogens is 1. The molecule has 114 valence electrons. The van der Waals surface area contributed by atoms with Crippen LogP contribution in [0.5, 0.6) is 5.88 Å². The molecular formula is C16H16ClN3O2. The quantitative estimate of drug-likeness (QED) is 0.943. The molecule has 0 bridgehead atoms. The van der Waals surface area contributed by atoms with Gasteiger partial charge in [0.1, 0.15) is 11.1 Å². The Morgan fingerprint density at radius 1 is 1.27 bits per heavy atom. The summed E-state index contributed by atoms with van der Waals surface area (Å²) in [4.78, 5) is 17.8. The number of pyridine rings is 1. The predicted octanol–water partition coefficient (Wildman–Crippen LogP) is 2.71. The predicted molar refractivity (Wildman–Crippen MR) is 83.9 cm³/mol. The zero-order valence-corrected chi connectivity index (χ0v) is 12.7. The maximum Gasteiger partial charge on any atom is 0.317 e. The molecule has 1 aromatic heterocycles. The van der Waals surface area contributed by atoms with Crippen molar-refractivity contribution in [3.8, 4) is 5.88 Å². The van der Waals surface area contributed by atoms with E-state index in [1.807, 2.05) is 30.3 Å². The monoisotopic (exact) mass is 317 g/mol. The Balaban J connectivity index is 1.43. The Morgan fingerprint density at radius 3 is 2.77 bits per heavy atom. The molecule has 1 N–H and O–H groups in total. The lowest BCUT2D eigenvalue weighted by molar-refractivity contribution is 0.0414. The van der Waals surface area contributed by atoms with Crippen molar-refractivity contribution in [2.45, 2.75) is 12.6 Å². The van der Waals surface area contributed by atoms with E-state index in [1.54, 1.807) is 23.2 Å². The molecule has 1 fully saturated rings. The molecule has 2 heterocycles. The van der Waals surface area contributed by atoms with Gasteiger partial charge in [-0.15, -0.1) is 0 Å². The fraction of sp³-hybridized carbons (Fsp3) is 0.250. The van der Waals surface area contributed by atoms with Crippen LogP contribution in [0.15, 0.2) is 48.7 Å². The fourth-order valence-corrected chi connectivity index (χ4v) is 2.35. The van der Waals surface area contributed by atoms with Crippen molar-refractivity contribution < 1.29 is 9.53 Å². The lowest BCUT2D eigenvalue weighted by atomic mass is 10.2. The van der Waals surface area contributed by atoms with Crippen molar-refractivity contribution in [1.29, 1.82) is 0 Å². The molecule has 2 aromatic rings. The summed E-state index contributed by atoms with van der Waals surface area (Å²) in [5.41, 5.74) is 1.07. The first-order valence-electron chi connectivity index (χ1n) is 7.06. The third kappa shape index (κ3) is 3.49. The van der Waals surface area contributed by atoms with Gasteiger partial charge in [0, 0.05) is 12.7 Å². The molecule has 0 saturated carbocycles. The number of carbonyl (C=O) groups is 1. The van der Waals surface area contributed by atoms with Crippen LogP contribution in [-0.4, -0.2) is 35.1 Å². The van der Waals surface area contributed by atoms with E-state index < -0.39 is 0 Å². The van der Waals surface area contributed by atoms with Crippen molar-refractivity contribution in [1.82, 2.24) is 15.2 Å². The number of amides is 2. The highest BCUT2D eigenvalue weighted by Crippen LogP contribution is 2.23. The number of halogens is 1. The Labute approximate surface area is 133 Å². The van der Waals surface area contributed by atoms with Gasteiger partial charge in [-0.2, -0.15) is 0 Å². The maximum absolute atomic E-state index is 12.0. The van der Waals surface area contributed by atoms with Gasteiger partial charge in [-0.25, -0.2) is 9.78 Å².